The van der Waals surface area contributed by atoms with E-state index in [1.54, 1.807) is 0 Å². The zero-order valence-electron chi connectivity index (χ0n) is 23.2. The van der Waals surface area contributed by atoms with Gasteiger partial charge in [-0.1, -0.05) is 24.8 Å². The van der Waals surface area contributed by atoms with Gasteiger partial charge in [-0.2, -0.15) is 0 Å². The van der Waals surface area contributed by atoms with Crippen LogP contribution in [0.1, 0.15) is 85.4 Å². The first-order chi connectivity index (χ1) is 18.9. The molecule has 0 spiro atoms. The van der Waals surface area contributed by atoms with Crippen LogP contribution in [-0.2, 0) is 35.3 Å². The Bertz CT molecular complexity index is 1230. The summed E-state index contributed by atoms with van der Waals surface area (Å²) in [4.78, 5) is 27.1. The number of aromatic nitrogens is 3. The summed E-state index contributed by atoms with van der Waals surface area (Å²) in [6, 6.07) is 0. The van der Waals surface area contributed by atoms with Gasteiger partial charge in [0, 0.05) is 17.8 Å². The number of fused-ring (bicyclic) bond motifs is 1. The second-order valence-corrected chi connectivity index (χ2v) is 14.6. The predicted molar refractivity (Wildman–Crippen MR) is 155 cm³/mol. The van der Waals surface area contributed by atoms with Crippen molar-refractivity contribution in [2.45, 2.75) is 89.8 Å². The van der Waals surface area contributed by atoms with Gasteiger partial charge in [-0.3, -0.25) is 4.79 Å². The van der Waals surface area contributed by atoms with Gasteiger partial charge in [0.2, 0.25) is 5.91 Å². The lowest BCUT2D eigenvalue weighted by Crippen LogP contribution is -2.47. The number of carbonyl (C=O) groups excluding carboxylic acids is 2. The van der Waals surface area contributed by atoms with Crippen LogP contribution < -0.4 is 5.32 Å². The van der Waals surface area contributed by atoms with E-state index in [0.717, 1.165) is 60.0 Å². The minimum absolute atomic E-state index is 0.145. The van der Waals surface area contributed by atoms with Crippen molar-refractivity contribution in [1.82, 2.24) is 14.8 Å². The highest BCUT2D eigenvalue weighted by atomic mass is 32.2. The molecule has 9 heteroatoms. The third-order valence-electron chi connectivity index (χ3n) is 9.38. The lowest BCUT2D eigenvalue weighted by atomic mass is 9.49. The van der Waals surface area contributed by atoms with Crippen molar-refractivity contribution in [3.05, 3.63) is 34.5 Å². The smallest absolute Gasteiger partial charge is 0.341 e. The second kappa shape index (κ2) is 11.0. The van der Waals surface area contributed by atoms with Gasteiger partial charge in [-0.15, -0.1) is 28.1 Å². The van der Waals surface area contributed by atoms with Crippen LogP contribution in [0.15, 0.2) is 17.8 Å². The Balaban J connectivity index is 1.15. The van der Waals surface area contributed by atoms with Crippen molar-refractivity contribution in [1.29, 1.82) is 0 Å². The summed E-state index contributed by atoms with van der Waals surface area (Å²) >= 11 is 2.93. The van der Waals surface area contributed by atoms with Crippen LogP contribution in [0.25, 0.3) is 0 Å². The first-order valence-electron chi connectivity index (χ1n) is 14.6. The van der Waals surface area contributed by atoms with Crippen molar-refractivity contribution in [2.75, 3.05) is 17.7 Å². The average Bonchev–Trinajstić information content (AvgIpc) is 3.41. The molecule has 7 rings (SSSR count). The van der Waals surface area contributed by atoms with Crippen LogP contribution in [0.5, 0.6) is 0 Å². The Hall–Kier alpha value is -2.13. The van der Waals surface area contributed by atoms with Crippen molar-refractivity contribution in [3.63, 3.8) is 0 Å². The molecule has 0 aliphatic heterocycles. The fourth-order valence-electron chi connectivity index (χ4n) is 8.26. The van der Waals surface area contributed by atoms with Crippen LogP contribution in [0.4, 0.5) is 5.00 Å². The van der Waals surface area contributed by atoms with E-state index in [2.05, 4.69) is 33.6 Å². The highest BCUT2D eigenvalue weighted by molar-refractivity contribution is 7.99. The van der Waals surface area contributed by atoms with Crippen LogP contribution >= 0.6 is 23.1 Å². The zero-order chi connectivity index (χ0) is 27.1. The molecule has 1 amide bonds. The van der Waals surface area contributed by atoms with Gasteiger partial charge in [-0.25, -0.2) is 4.79 Å². The summed E-state index contributed by atoms with van der Waals surface area (Å²) in [5.74, 6) is 4.02. The summed E-state index contributed by atoms with van der Waals surface area (Å²) in [6.45, 7) is 8.96. The van der Waals surface area contributed by atoms with Crippen molar-refractivity contribution in [3.8, 4) is 0 Å². The Labute approximate surface area is 239 Å². The molecule has 5 aliphatic carbocycles. The minimum Gasteiger partial charge on any atom is -0.462 e. The van der Waals surface area contributed by atoms with E-state index in [4.69, 9.17) is 4.74 Å². The van der Waals surface area contributed by atoms with E-state index in [0.29, 0.717) is 35.0 Å². The topological polar surface area (TPSA) is 86.1 Å². The Kier molecular flexibility index (Phi) is 7.66. The van der Waals surface area contributed by atoms with Crippen molar-refractivity contribution in [2.24, 2.45) is 29.1 Å². The zero-order valence-corrected chi connectivity index (χ0v) is 24.8. The van der Waals surface area contributed by atoms with Gasteiger partial charge in [0.25, 0.3) is 0 Å². The number of thioether (sulfide) groups is 1. The lowest BCUT2D eigenvalue weighted by Gasteiger charge is -2.56. The summed E-state index contributed by atoms with van der Waals surface area (Å²) in [5.41, 5.74) is 1.98. The Morgan fingerprint density at radius 1 is 1.21 bits per heavy atom. The van der Waals surface area contributed by atoms with E-state index in [-0.39, 0.29) is 17.6 Å². The summed E-state index contributed by atoms with van der Waals surface area (Å²) in [5, 5.41) is 13.6. The molecule has 39 heavy (non-hydrogen) atoms. The molecular weight excluding hydrogens is 528 g/mol. The number of nitrogens with one attached hydrogen (secondary N) is 1. The van der Waals surface area contributed by atoms with E-state index >= 15 is 0 Å². The molecule has 4 saturated carbocycles. The normalized spacial score (nSPS) is 28.8. The number of anilines is 1. The van der Waals surface area contributed by atoms with E-state index < -0.39 is 0 Å². The predicted octanol–water partition coefficient (Wildman–Crippen LogP) is 6.32. The molecule has 210 valence electrons. The van der Waals surface area contributed by atoms with Gasteiger partial charge in [-0.05, 0) is 99.4 Å². The number of esters is 1. The number of ether oxygens (including phenoxy) is 1. The first kappa shape index (κ1) is 27.1. The van der Waals surface area contributed by atoms with Crippen LogP contribution in [-0.4, -0.2) is 39.0 Å². The summed E-state index contributed by atoms with van der Waals surface area (Å²) in [7, 11) is 0. The number of carbonyl (C=O) groups is 2. The van der Waals surface area contributed by atoms with Crippen LogP contribution in [0.2, 0.25) is 0 Å². The maximum absolute atomic E-state index is 13.1. The number of hydrogen-bond acceptors (Lipinski definition) is 7. The van der Waals surface area contributed by atoms with Gasteiger partial charge < -0.3 is 14.6 Å². The Morgan fingerprint density at radius 2 is 1.92 bits per heavy atom. The van der Waals surface area contributed by atoms with E-state index in [1.807, 2.05) is 13.0 Å². The number of hydrogen-bond donors (Lipinski definition) is 1. The summed E-state index contributed by atoms with van der Waals surface area (Å²) in [6.07, 6.45) is 14.0. The maximum atomic E-state index is 13.1. The molecule has 4 fully saturated rings. The molecule has 2 aromatic rings. The number of allylic oxidation sites excluding steroid dienone is 1. The minimum atomic E-state index is -0.340. The van der Waals surface area contributed by atoms with Gasteiger partial charge in [0.05, 0.1) is 17.9 Å². The second-order valence-electron chi connectivity index (χ2n) is 12.5. The highest BCUT2D eigenvalue weighted by Gasteiger charge is 2.51. The number of amides is 1. The standard InChI is InChI=1S/C30H40N4O3S2/c1-4-8-34-24(16-30-13-19-10-20(14-30)12-21(11-19)15-30)32-33-29(34)38-17-25(35)31-27-26(28(36)37-5-2)22-7-6-18(3)9-23(22)39-27/h4,18-21H,1,5-17H2,2-3H3,(H,31,35). The molecule has 5 aliphatic rings. The van der Waals surface area contributed by atoms with Crippen LogP contribution in [0, 0.1) is 29.1 Å². The monoisotopic (exact) mass is 568 g/mol. The Morgan fingerprint density at radius 3 is 2.59 bits per heavy atom. The molecule has 1 atom stereocenters. The molecule has 0 radical (unpaired) electrons. The maximum Gasteiger partial charge on any atom is 0.341 e. The van der Waals surface area contributed by atoms with E-state index in [1.165, 1.54) is 66.5 Å². The first-order valence-corrected chi connectivity index (χ1v) is 16.4. The van der Waals surface area contributed by atoms with Gasteiger partial charge in [0.1, 0.15) is 10.8 Å². The number of nitrogens with zero attached hydrogens (tertiary/aromatic N) is 3. The molecule has 1 unspecified atom stereocenters. The number of rotatable bonds is 10. The largest absolute Gasteiger partial charge is 0.462 e. The molecule has 2 heterocycles. The fraction of sp³-hybridized carbons (Fsp3) is 0.667. The van der Waals surface area contributed by atoms with E-state index in [9.17, 15) is 9.59 Å². The van der Waals surface area contributed by atoms with Gasteiger partial charge in [0.15, 0.2) is 5.16 Å². The SMILES string of the molecule is C=CCn1c(CC23CC4CC(CC(C4)C2)C3)nnc1SCC(=O)Nc1sc2c(c1C(=O)OCC)CCC(C)C2. The number of thiophene rings is 1. The molecule has 0 saturated heterocycles. The van der Waals surface area contributed by atoms with Crippen molar-refractivity contribution < 1.29 is 14.3 Å². The van der Waals surface area contributed by atoms with Crippen molar-refractivity contribution >= 4 is 40.0 Å². The fourth-order valence-corrected chi connectivity index (χ4v) is 10.4. The quantitative estimate of drug-likeness (QED) is 0.205. The highest BCUT2D eigenvalue weighted by Crippen LogP contribution is 2.61. The molecule has 4 bridgehead atoms. The molecule has 2 aromatic heterocycles. The molecule has 7 nitrogen and oxygen atoms in total. The third kappa shape index (κ3) is 5.45. The van der Waals surface area contributed by atoms with Gasteiger partial charge >= 0.3 is 5.97 Å². The summed E-state index contributed by atoms with van der Waals surface area (Å²) < 4.78 is 7.51. The third-order valence-corrected chi connectivity index (χ3v) is 11.5. The van der Waals surface area contributed by atoms with Crippen LogP contribution in [0.3, 0.4) is 0 Å². The molecule has 0 aromatic carbocycles. The molecular formula is C30H40N4O3S2. The molecule has 1 N–H and O–H groups in total. The lowest BCUT2D eigenvalue weighted by molar-refractivity contribution is -0.113. The average molecular weight is 569 g/mol.